The fourth-order valence-electron chi connectivity index (χ4n) is 2.27. The van der Waals surface area contributed by atoms with Gasteiger partial charge in [0.15, 0.2) is 0 Å². The normalized spacial score (nSPS) is 16.9. The highest BCUT2D eigenvalue weighted by molar-refractivity contribution is 6.03. The van der Waals surface area contributed by atoms with Crippen LogP contribution in [0.25, 0.3) is 16.8 Å². The third-order valence-electron chi connectivity index (χ3n) is 3.24. The fraction of sp³-hybridized carbons (Fsp3) is 0.133. The van der Waals surface area contributed by atoms with Crippen molar-refractivity contribution in [3.05, 3.63) is 47.5 Å². The van der Waals surface area contributed by atoms with Crippen LogP contribution >= 0.6 is 0 Å². The van der Waals surface area contributed by atoms with Crippen LogP contribution in [0.4, 0.5) is 0 Å². The summed E-state index contributed by atoms with van der Waals surface area (Å²) < 4.78 is 5.40. The number of fused-ring (bicyclic) bond motifs is 1. The molecular formula is C15H14N2O2. The van der Waals surface area contributed by atoms with E-state index in [0.29, 0.717) is 12.1 Å². The quantitative estimate of drug-likeness (QED) is 0.804. The zero-order valence-electron chi connectivity index (χ0n) is 10.6. The molecule has 1 amide bonds. The van der Waals surface area contributed by atoms with Crippen molar-refractivity contribution >= 4 is 22.8 Å². The number of rotatable bonds is 2. The second-order valence-corrected chi connectivity index (χ2v) is 4.38. The topological polar surface area (TPSA) is 50.4 Å². The lowest BCUT2D eigenvalue weighted by Gasteiger charge is -2.09. The van der Waals surface area contributed by atoms with Gasteiger partial charge in [-0.3, -0.25) is 10.2 Å². The summed E-state index contributed by atoms with van der Waals surface area (Å²) in [5.74, 6) is 0.681. The van der Waals surface area contributed by atoms with Gasteiger partial charge < -0.3 is 4.74 Å². The Morgan fingerprint density at radius 1 is 1.21 bits per heavy atom. The Hall–Kier alpha value is -2.33. The lowest BCUT2D eigenvalue weighted by Crippen LogP contribution is -2.25. The summed E-state index contributed by atoms with van der Waals surface area (Å²) in [5, 5.41) is 2.20. The molecule has 0 saturated carbocycles. The molecule has 0 spiro atoms. The van der Waals surface area contributed by atoms with Crippen molar-refractivity contribution in [1.29, 1.82) is 0 Å². The summed E-state index contributed by atoms with van der Waals surface area (Å²) in [6.45, 7) is 0.519. The average Bonchev–Trinajstić information content (AvgIpc) is 2.85. The minimum absolute atomic E-state index is 0.0880. The Morgan fingerprint density at radius 2 is 2.05 bits per heavy atom. The third-order valence-corrected chi connectivity index (χ3v) is 3.24. The second-order valence-electron chi connectivity index (χ2n) is 4.38. The molecule has 3 rings (SSSR count). The van der Waals surface area contributed by atoms with Gasteiger partial charge in [0, 0.05) is 17.7 Å². The van der Waals surface area contributed by atoms with E-state index in [1.807, 2.05) is 42.5 Å². The van der Waals surface area contributed by atoms with Gasteiger partial charge in [-0.2, -0.15) is 0 Å². The predicted octanol–water partition coefficient (Wildman–Crippen LogP) is 1.87. The van der Waals surface area contributed by atoms with Gasteiger partial charge in [0.1, 0.15) is 5.75 Å². The lowest BCUT2D eigenvalue weighted by atomic mass is 10.0. The molecule has 1 heterocycles. The van der Waals surface area contributed by atoms with E-state index in [9.17, 15) is 4.79 Å². The van der Waals surface area contributed by atoms with E-state index in [1.54, 1.807) is 7.11 Å². The van der Waals surface area contributed by atoms with E-state index in [1.165, 1.54) is 0 Å². The Bertz CT molecular complexity index is 677. The summed E-state index contributed by atoms with van der Waals surface area (Å²) in [6, 6.07) is 12.0. The highest BCUT2D eigenvalue weighted by atomic mass is 16.5. The Morgan fingerprint density at radius 3 is 2.79 bits per heavy atom. The van der Waals surface area contributed by atoms with Gasteiger partial charge in [-0.05, 0) is 22.9 Å². The highest BCUT2D eigenvalue weighted by Crippen LogP contribution is 2.30. The molecule has 1 aliphatic rings. The van der Waals surface area contributed by atoms with Crippen LogP contribution in [-0.4, -0.2) is 19.6 Å². The molecule has 1 aliphatic heterocycles. The first kappa shape index (κ1) is 11.7. The van der Waals surface area contributed by atoms with Crippen molar-refractivity contribution in [2.75, 3.05) is 13.7 Å². The molecule has 0 unspecified atom stereocenters. The molecule has 19 heavy (non-hydrogen) atoms. The standard InChI is InChI=1S/C15H14N2O2/c1-19-14-7-6-10-4-2-3-5-12(10)13(14)8-11-9-16-17-15(11)18/h2-8,16H,9H2,1H3,(H,17,18)/b11-8+. The molecule has 0 aliphatic carbocycles. The molecule has 4 heteroatoms. The predicted molar refractivity (Wildman–Crippen MR) is 74.6 cm³/mol. The number of benzene rings is 2. The summed E-state index contributed by atoms with van der Waals surface area (Å²) in [7, 11) is 1.64. The van der Waals surface area contributed by atoms with Crippen molar-refractivity contribution in [3.8, 4) is 5.75 Å². The SMILES string of the molecule is COc1ccc2ccccc2c1/C=C1\CNNC1=O. The Kier molecular flexibility index (Phi) is 2.93. The number of hydrogen-bond donors (Lipinski definition) is 2. The maximum Gasteiger partial charge on any atom is 0.262 e. The van der Waals surface area contributed by atoms with Gasteiger partial charge in [0.25, 0.3) is 5.91 Å². The molecule has 1 fully saturated rings. The van der Waals surface area contributed by atoms with Crippen LogP contribution in [-0.2, 0) is 4.79 Å². The molecule has 0 bridgehead atoms. The van der Waals surface area contributed by atoms with Crippen LogP contribution in [0.2, 0.25) is 0 Å². The molecule has 96 valence electrons. The van der Waals surface area contributed by atoms with Gasteiger partial charge in [-0.1, -0.05) is 30.3 Å². The third kappa shape index (κ3) is 2.06. The molecule has 2 N–H and O–H groups in total. The lowest BCUT2D eigenvalue weighted by molar-refractivity contribution is -0.116. The molecule has 0 aromatic heterocycles. The average molecular weight is 254 g/mol. The number of hydrazine groups is 1. The zero-order chi connectivity index (χ0) is 13.2. The van der Waals surface area contributed by atoms with Gasteiger partial charge in [0.05, 0.1) is 7.11 Å². The van der Waals surface area contributed by atoms with Gasteiger partial charge >= 0.3 is 0 Å². The summed E-state index contributed by atoms with van der Waals surface area (Å²) in [6.07, 6.45) is 1.89. The summed E-state index contributed by atoms with van der Waals surface area (Å²) in [5.41, 5.74) is 7.04. The van der Waals surface area contributed by atoms with Gasteiger partial charge in [-0.25, -0.2) is 5.43 Å². The first-order valence-electron chi connectivity index (χ1n) is 6.09. The van der Waals surface area contributed by atoms with E-state index in [2.05, 4.69) is 10.9 Å². The minimum Gasteiger partial charge on any atom is -0.496 e. The number of hydrogen-bond acceptors (Lipinski definition) is 3. The number of amides is 1. The van der Waals surface area contributed by atoms with E-state index in [4.69, 9.17) is 4.74 Å². The second kappa shape index (κ2) is 4.74. The number of carbonyl (C=O) groups is 1. The minimum atomic E-state index is -0.0880. The van der Waals surface area contributed by atoms with Crippen molar-refractivity contribution in [3.63, 3.8) is 0 Å². The van der Waals surface area contributed by atoms with E-state index < -0.39 is 0 Å². The van der Waals surface area contributed by atoms with Crippen LogP contribution in [0.15, 0.2) is 42.0 Å². The van der Waals surface area contributed by atoms with E-state index in [0.717, 1.165) is 22.1 Å². The fourth-order valence-corrected chi connectivity index (χ4v) is 2.27. The molecule has 0 radical (unpaired) electrons. The van der Waals surface area contributed by atoms with Crippen molar-refractivity contribution in [2.45, 2.75) is 0 Å². The maximum atomic E-state index is 11.6. The van der Waals surface area contributed by atoms with Crippen molar-refractivity contribution in [2.24, 2.45) is 0 Å². The monoisotopic (exact) mass is 254 g/mol. The molecule has 1 saturated heterocycles. The van der Waals surface area contributed by atoms with Crippen LogP contribution in [0.1, 0.15) is 5.56 Å². The number of nitrogens with one attached hydrogen (secondary N) is 2. The molecular weight excluding hydrogens is 240 g/mol. The van der Waals surface area contributed by atoms with Gasteiger partial charge in [0.2, 0.25) is 0 Å². The first-order chi connectivity index (χ1) is 9.29. The molecule has 2 aromatic rings. The summed E-state index contributed by atoms with van der Waals surface area (Å²) >= 11 is 0. The Balaban J connectivity index is 2.22. The summed E-state index contributed by atoms with van der Waals surface area (Å²) in [4.78, 5) is 11.6. The molecule has 0 atom stereocenters. The van der Waals surface area contributed by atoms with Crippen LogP contribution < -0.4 is 15.6 Å². The highest BCUT2D eigenvalue weighted by Gasteiger charge is 2.17. The number of carbonyl (C=O) groups excluding carboxylic acids is 1. The molecule has 2 aromatic carbocycles. The zero-order valence-corrected chi connectivity index (χ0v) is 10.6. The van der Waals surface area contributed by atoms with Crippen molar-refractivity contribution in [1.82, 2.24) is 10.9 Å². The van der Waals surface area contributed by atoms with Crippen molar-refractivity contribution < 1.29 is 9.53 Å². The van der Waals surface area contributed by atoms with E-state index in [-0.39, 0.29) is 5.91 Å². The van der Waals surface area contributed by atoms with Gasteiger partial charge in [-0.15, -0.1) is 0 Å². The van der Waals surface area contributed by atoms with Crippen LogP contribution in [0, 0.1) is 0 Å². The van der Waals surface area contributed by atoms with Crippen LogP contribution in [0.5, 0.6) is 5.75 Å². The smallest absolute Gasteiger partial charge is 0.262 e. The maximum absolute atomic E-state index is 11.6. The van der Waals surface area contributed by atoms with E-state index >= 15 is 0 Å². The number of ether oxygens (including phenoxy) is 1. The largest absolute Gasteiger partial charge is 0.496 e. The number of methoxy groups -OCH3 is 1. The Labute approximate surface area is 111 Å². The molecule has 4 nitrogen and oxygen atoms in total. The van der Waals surface area contributed by atoms with Crippen LogP contribution in [0.3, 0.4) is 0 Å². The first-order valence-corrected chi connectivity index (χ1v) is 6.09.